The van der Waals surface area contributed by atoms with Crippen LogP contribution < -0.4 is 4.90 Å². The lowest BCUT2D eigenvalue weighted by Crippen LogP contribution is -2.24. The van der Waals surface area contributed by atoms with Gasteiger partial charge in [0.05, 0.1) is 17.9 Å². The zero-order valence-corrected chi connectivity index (χ0v) is 17.0. The molecule has 0 spiro atoms. The third kappa shape index (κ3) is 4.26. The van der Waals surface area contributed by atoms with Crippen molar-refractivity contribution in [1.82, 2.24) is 0 Å². The second-order valence-corrected chi connectivity index (χ2v) is 6.99. The number of phenols is 1. The number of carbonyl (C=O) groups is 2. The minimum absolute atomic E-state index is 0.137. The van der Waals surface area contributed by atoms with Crippen molar-refractivity contribution in [2.75, 3.05) is 11.5 Å². The molecule has 1 heterocycles. The van der Waals surface area contributed by atoms with Crippen LogP contribution in [-0.4, -0.2) is 23.6 Å². The first-order valence-electron chi connectivity index (χ1n) is 9.96. The van der Waals surface area contributed by atoms with Crippen LogP contribution in [0.4, 0.5) is 5.69 Å². The molecular formula is C26H21NO4. The first kappa shape index (κ1) is 20.2. The second kappa shape index (κ2) is 8.71. The van der Waals surface area contributed by atoms with Gasteiger partial charge in [0.2, 0.25) is 0 Å². The van der Waals surface area contributed by atoms with Crippen molar-refractivity contribution < 1.29 is 19.4 Å². The number of carbonyl (C=O) groups excluding carboxylic acids is 2. The standard InChI is InChI=1S/C26H21NO4/c1-2-31-26(30)20-10-8-18(9-11-20)16-21-17-24(19-6-4-3-5-7-19)27(25(21)29)22-12-14-23(28)15-13-22/h3-17,28H,2H2,1H3. The average molecular weight is 411 g/mol. The SMILES string of the molecule is CCOC(=O)c1ccc(C=C2C=C(c3ccccc3)N(c3ccc(O)cc3)C2=O)cc1. The van der Waals surface area contributed by atoms with Gasteiger partial charge in [-0.1, -0.05) is 42.5 Å². The zero-order chi connectivity index (χ0) is 21.8. The molecule has 1 aliphatic rings. The molecule has 3 aromatic carbocycles. The number of esters is 1. The summed E-state index contributed by atoms with van der Waals surface area (Å²) in [5.41, 5.74) is 4.12. The van der Waals surface area contributed by atoms with E-state index in [1.165, 1.54) is 0 Å². The first-order chi connectivity index (χ1) is 15.1. The topological polar surface area (TPSA) is 66.8 Å². The van der Waals surface area contributed by atoms with E-state index < -0.39 is 0 Å². The summed E-state index contributed by atoms with van der Waals surface area (Å²) in [5, 5.41) is 9.63. The Morgan fingerprint density at radius 3 is 2.29 bits per heavy atom. The van der Waals surface area contributed by atoms with E-state index in [9.17, 15) is 14.7 Å². The summed E-state index contributed by atoms with van der Waals surface area (Å²) in [7, 11) is 0. The predicted octanol–water partition coefficient (Wildman–Crippen LogP) is 5.04. The number of ether oxygens (including phenoxy) is 1. The molecule has 0 bridgehead atoms. The van der Waals surface area contributed by atoms with Crippen LogP contribution in [0.1, 0.15) is 28.4 Å². The Bertz CT molecular complexity index is 1160. The molecule has 4 rings (SSSR count). The van der Waals surface area contributed by atoms with Gasteiger partial charge in [-0.15, -0.1) is 0 Å². The number of anilines is 1. The molecule has 0 aliphatic carbocycles. The predicted molar refractivity (Wildman–Crippen MR) is 120 cm³/mol. The van der Waals surface area contributed by atoms with Crippen LogP contribution in [0.2, 0.25) is 0 Å². The van der Waals surface area contributed by atoms with Crippen molar-refractivity contribution in [2.45, 2.75) is 6.92 Å². The van der Waals surface area contributed by atoms with Crippen LogP contribution in [-0.2, 0) is 9.53 Å². The zero-order valence-electron chi connectivity index (χ0n) is 17.0. The monoisotopic (exact) mass is 411 g/mol. The van der Waals surface area contributed by atoms with Crippen LogP contribution in [0, 0.1) is 0 Å². The highest BCUT2D eigenvalue weighted by atomic mass is 16.5. The third-order valence-corrected chi connectivity index (χ3v) is 4.90. The maximum absolute atomic E-state index is 13.3. The van der Waals surface area contributed by atoms with Gasteiger partial charge in [-0.2, -0.15) is 0 Å². The summed E-state index contributed by atoms with van der Waals surface area (Å²) in [4.78, 5) is 26.8. The number of rotatable bonds is 5. The minimum Gasteiger partial charge on any atom is -0.508 e. The van der Waals surface area contributed by atoms with Gasteiger partial charge in [-0.05, 0) is 66.6 Å². The van der Waals surface area contributed by atoms with Gasteiger partial charge >= 0.3 is 5.97 Å². The van der Waals surface area contributed by atoms with Crippen molar-refractivity contribution in [3.05, 3.63) is 107 Å². The lowest BCUT2D eigenvalue weighted by Gasteiger charge is -2.20. The molecule has 0 saturated heterocycles. The summed E-state index contributed by atoms with van der Waals surface area (Å²) in [6.07, 6.45) is 3.64. The molecule has 1 amide bonds. The molecule has 1 aliphatic heterocycles. The number of aromatic hydroxyl groups is 1. The van der Waals surface area contributed by atoms with E-state index in [0.717, 1.165) is 16.8 Å². The fourth-order valence-corrected chi connectivity index (χ4v) is 3.40. The molecule has 1 N–H and O–H groups in total. The van der Waals surface area contributed by atoms with Crippen molar-refractivity contribution >= 4 is 29.3 Å². The summed E-state index contributed by atoms with van der Waals surface area (Å²) in [5.74, 6) is -0.402. The van der Waals surface area contributed by atoms with Crippen LogP contribution in [0.15, 0.2) is 90.5 Å². The molecule has 0 fully saturated rings. The van der Waals surface area contributed by atoms with Crippen LogP contribution in [0.3, 0.4) is 0 Å². The Hall–Kier alpha value is -4.12. The maximum atomic E-state index is 13.3. The van der Waals surface area contributed by atoms with Gasteiger partial charge in [0, 0.05) is 11.3 Å². The van der Waals surface area contributed by atoms with Crippen LogP contribution in [0.5, 0.6) is 5.75 Å². The van der Waals surface area contributed by atoms with Gasteiger partial charge < -0.3 is 9.84 Å². The van der Waals surface area contributed by atoms with Crippen molar-refractivity contribution in [3.8, 4) is 5.75 Å². The molecule has 154 valence electrons. The molecule has 5 heteroatoms. The Labute approximate surface area is 180 Å². The molecule has 5 nitrogen and oxygen atoms in total. The summed E-state index contributed by atoms with van der Waals surface area (Å²) < 4.78 is 5.01. The van der Waals surface area contributed by atoms with E-state index in [1.807, 2.05) is 36.4 Å². The van der Waals surface area contributed by atoms with Gasteiger partial charge in [0.15, 0.2) is 0 Å². The first-order valence-corrected chi connectivity index (χ1v) is 9.96. The van der Waals surface area contributed by atoms with Crippen LogP contribution >= 0.6 is 0 Å². The van der Waals surface area contributed by atoms with Gasteiger partial charge in [-0.25, -0.2) is 4.79 Å². The summed E-state index contributed by atoms with van der Waals surface area (Å²) in [6.45, 7) is 2.08. The molecule has 0 aromatic heterocycles. The number of benzene rings is 3. The summed E-state index contributed by atoms with van der Waals surface area (Å²) in [6, 6.07) is 23.1. The quantitative estimate of drug-likeness (QED) is 0.472. The van der Waals surface area contributed by atoms with Crippen molar-refractivity contribution in [1.29, 1.82) is 0 Å². The normalized spacial score (nSPS) is 14.6. The van der Waals surface area contributed by atoms with E-state index in [1.54, 1.807) is 66.4 Å². The molecule has 0 unspecified atom stereocenters. The molecule has 0 radical (unpaired) electrons. The fraction of sp³-hybridized carbons (Fsp3) is 0.0769. The number of nitrogens with zero attached hydrogens (tertiary/aromatic N) is 1. The maximum Gasteiger partial charge on any atom is 0.338 e. The lowest BCUT2D eigenvalue weighted by atomic mass is 10.1. The Morgan fingerprint density at radius 1 is 0.968 bits per heavy atom. The van der Waals surface area contributed by atoms with E-state index in [2.05, 4.69) is 0 Å². The average Bonchev–Trinajstić information content (AvgIpc) is 3.11. The van der Waals surface area contributed by atoms with Crippen LogP contribution in [0.25, 0.3) is 11.8 Å². The number of hydrogen-bond donors (Lipinski definition) is 1. The number of hydrogen-bond acceptors (Lipinski definition) is 4. The van der Waals surface area contributed by atoms with E-state index in [-0.39, 0.29) is 17.6 Å². The Balaban J connectivity index is 1.71. The molecule has 0 atom stereocenters. The Morgan fingerprint density at radius 2 is 1.65 bits per heavy atom. The van der Waals surface area contributed by atoms with Gasteiger partial charge in [0.1, 0.15) is 5.75 Å². The molecule has 0 saturated carbocycles. The number of amides is 1. The molecule has 3 aromatic rings. The number of phenolic OH excluding ortho intramolecular Hbond substituents is 1. The van der Waals surface area contributed by atoms with Gasteiger partial charge in [0.25, 0.3) is 5.91 Å². The third-order valence-electron chi connectivity index (χ3n) is 4.90. The highest BCUT2D eigenvalue weighted by Gasteiger charge is 2.30. The minimum atomic E-state index is -0.372. The van der Waals surface area contributed by atoms with E-state index in [0.29, 0.717) is 23.4 Å². The van der Waals surface area contributed by atoms with Crippen molar-refractivity contribution in [3.63, 3.8) is 0 Å². The van der Waals surface area contributed by atoms with E-state index >= 15 is 0 Å². The Kier molecular flexibility index (Phi) is 5.67. The largest absolute Gasteiger partial charge is 0.508 e. The lowest BCUT2D eigenvalue weighted by molar-refractivity contribution is -0.113. The van der Waals surface area contributed by atoms with E-state index in [4.69, 9.17) is 4.74 Å². The summed E-state index contributed by atoms with van der Waals surface area (Å²) >= 11 is 0. The molecule has 31 heavy (non-hydrogen) atoms. The highest BCUT2D eigenvalue weighted by molar-refractivity contribution is 6.23. The molecular weight excluding hydrogens is 390 g/mol. The second-order valence-electron chi connectivity index (χ2n) is 6.99. The fourth-order valence-electron chi connectivity index (χ4n) is 3.40. The smallest absolute Gasteiger partial charge is 0.338 e. The van der Waals surface area contributed by atoms with Gasteiger partial charge in [-0.3, -0.25) is 9.69 Å². The highest BCUT2D eigenvalue weighted by Crippen LogP contribution is 2.35. The van der Waals surface area contributed by atoms with Crippen molar-refractivity contribution in [2.24, 2.45) is 0 Å².